The molecular formula is C18H14F4N4O3. The molecule has 29 heavy (non-hydrogen) atoms. The Labute approximate surface area is 161 Å². The molecule has 0 fully saturated rings. The lowest BCUT2D eigenvalue weighted by Gasteiger charge is -2.13. The number of aromatic nitrogens is 3. The summed E-state index contributed by atoms with van der Waals surface area (Å²) in [7, 11) is 1.49. The average molecular weight is 410 g/mol. The first-order valence-corrected chi connectivity index (χ1v) is 8.15. The zero-order chi connectivity index (χ0) is 21.0. The molecule has 0 aliphatic rings. The van der Waals surface area contributed by atoms with Gasteiger partial charge in [-0.15, -0.1) is 13.2 Å². The minimum absolute atomic E-state index is 0.192. The van der Waals surface area contributed by atoms with Gasteiger partial charge in [0.25, 0.3) is 5.91 Å². The van der Waals surface area contributed by atoms with E-state index in [4.69, 9.17) is 4.74 Å². The van der Waals surface area contributed by atoms with Crippen LogP contribution in [0.1, 0.15) is 16.2 Å². The number of rotatable bonds is 6. The average Bonchev–Trinajstić information content (AvgIpc) is 3.15. The normalized spacial score (nSPS) is 11.2. The van der Waals surface area contributed by atoms with E-state index in [1.807, 2.05) is 0 Å². The Hall–Kier alpha value is -3.63. The van der Waals surface area contributed by atoms with Crippen LogP contribution in [0.2, 0.25) is 0 Å². The number of methoxy groups -OCH3 is 1. The van der Waals surface area contributed by atoms with Crippen LogP contribution in [-0.4, -0.2) is 34.6 Å². The van der Waals surface area contributed by atoms with Crippen LogP contribution in [0.4, 0.5) is 17.6 Å². The van der Waals surface area contributed by atoms with Gasteiger partial charge in [-0.05, 0) is 30.3 Å². The second-order valence-corrected chi connectivity index (χ2v) is 5.68. The van der Waals surface area contributed by atoms with Crippen LogP contribution in [0.5, 0.6) is 11.5 Å². The molecule has 0 aliphatic carbocycles. The van der Waals surface area contributed by atoms with E-state index in [9.17, 15) is 22.4 Å². The quantitative estimate of drug-likeness (QED) is 0.608. The third-order valence-corrected chi connectivity index (χ3v) is 3.71. The highest BCUT2D eigenvalue weighted by Gasteiger charge is 2.33. The van der Waals surface area contributed by atoms with Crippen molar-refractivity contribution < 1.29 is 31.8 Å². The number of alkyl halides is 3. The smallest absolute Gasteiger partial charge is 0.496 e. The predicted molar refractivity (Wildman–Crippen MR) is 92.6 cm³/mol. The summed E-state index contributed by atoms with van der Waals surface area (Å²) in [5, 5.41) is 8.98. The van der Waals surface area contributed by atoms with E-state index in [-0.39, 0.29) is 12.4 Å². The lowest BCUT2D eigenvalue weighted by Crippen LogP contribution is -2.26. The van der Waals surface area contributed by atoms with Gasteiger partial charge < -0.3 is 14.8 Å². The third-order valence-electron chi connectivity index (χ3n) is 3.71. The van der Waals surface area contributed by atoms with E-state index in [1.165, 1.54) is 7.11 Å². The van der Waals surface area contributed by atoms with E-state index in [1.54, 1.807) is 24.3 Å². The maximum absolute atomic E-state index is 13.4. The van der Waals surface area contributed by atoms with Crippen LogP contribution in [0.25, 0.3) is 11.4 Å². The molecule has 3 aromatic rings. The van der Waals surface area contributed by atoms with E-state index in [0.717, 1.165) is 12.1 Å². The van der Waals surface area contributed by atoms with Gasteiger partial charge in [-0.3, -0.25) is 9.89 Å². The first kappa shape index (κ1) is 20.1. The lowest BCUT2D eigenvalue weighted by molar-refractivity contribution is -0.274. The molecule has 1 aromatic heterocycles. The Morgan fingerprint density at radius 3 is 2.66 bits per heavy atom. The molecule has 152 valence electrons. The molecular weight excluding hydrogens is 396 g/mol. The Morgan fingerprint density at radius 2 is 1.93 bits per heavy atom. The fourth-order valence-corrected chi connectivity index (χ4v) is 2.48. The van der Waals surface area contributed by atoms with Crippen molar-refractivity contribution in [3.05, 3.63) is 59.7 Å². The summed E-state index contributed by atoms with van der Waals surface area (Å²) < 4.78 is 59.8. The lowest BCUT2D eigenvalue weighted by atomic mass is 10.2. The number of hydrogen-bond donors (Lipinski definition) is 2. The number of H-pyrrole nitrogens is 1. The van der Waals surface area contributed by atoms with Crippen molar-refractivity contribution in [2.75, 3.05) is 7.11 Å². The van der Waals surface area contributed by atoms with Gasteiger partial charge in [0.05, 0.1) is 24.8 Å². The maximum atomic E-state index is 13.4. The molecule has 2 N–H and O–H groups in total. The third kappa shape index (κ3) is 5.00. The SMILES string of the molecule is COc1ccccc1-c1n[nH]c(CNC(=O)c2cc(F)ccc2OC(F)(F)F)n1. The number of para-hydroxylation sites is 1. The Morgan fingerprint density at radius 1 is 1.17 bits per heavy atom. The number of hydrogen-bond acceptors (Lipinski definition) is 5. The molecule has 0 aliphatic heterocycles. The van der Waals surface area contributed by atoms with Gasteiger partial charge in [-0.25, -0.2) is 9.37 Å². The molecule has 7 nitrogen and oxygen atoms in total. The predicted octanol–water partition coefficient (Wildman–Crippen LogP) is 3.45. The molecule has 0 spiro atoms. The van der Waals surface area contributed by atoms with Crippen molar-refractivity contribution in [3.8, 4) is 22.9 Å². The summed E-state index contributed by atoms with van der Waals surface area (Å²) in [6.07, 6.45) is -5.03. The van der Waals surface area contributed by atoms with Crippen molar-refractivity contribution in [3.63, 3.8) is 0 Å². The number of halogens is 4. The molecule has 0 radical (unpaired) electrons. The zero-order valence-electron chi connectivity index (χ0n) is 14.9. The molecule has 3 rings (SSSR count). The largest absolute Gasteiger partial charge is 0.573 e. The van der Waals surface area contributed by atoms with Gasteiger partial charge in [-0.1, -0.05) is 12.1 Å². The van der Waals surface area contributed by atoms with Crippen molar-refractivity contribution in [2.45, 2.75) is 12.9 Å². The summed E-state index contributed by atoms with van der Waals surface area (Å²) in [4.78, 5) is 16.5. The van der Waals surface area contributed by atoms with Crippen LogP contribution < -0.4 is 14.8 Å². The maximum Gasteiger partial charge on any atom is 0.573 e. The Balaban J connectivity index is 1.74. The minimum atomic E-state index is -5.03. The van der Waals surface area contributed by atoms with Crippen LogP contribution >= 0.6 is 0 Å². The van der Waals surface area contributed by atoms with Gasteiger partial charge in [0.1, 0.15) is 23.1 Å². The summed E-state index contributed by atoms with van der Waals surface area (Å²) >= 11 is 0. The number of carbonyl (C=O) groups is 1. The minimum Gasteiger partial charge on any atom is -0.496 e. The van der Waals surface area contributed by atoms with Crippen LogP contribution in [-0.2, 0) is 6.54 Å². The van der Waals surface area contributed by atoms with E-state index < -0.39 is 29.4 Å². The van der Waals surface area contributed by atoms with Crippen molar-refractivity contribution in [1.82, 2.24) is 20.5 Å². The standard InChI is InChI=1S/C18H14F4N4O3/c1-28-13-5-3-2-4-11(13)16-24-15(25-26-16)9-23-17(27)12-8-10(19)6-7-14(12)29-18(20,21)22/h2-8H,9H2,1H3,(H,23,27)(H,24,25,26). The second kappa shape index (κ2) is 8.17. The van der Waals surface area contributed by atoms with Crippen molar-refractivity contribution >= 4 is 5.91 Å². The van der Waals surface area contributed by atoms with Crippen LogP contribution in [0, 0.1) is 5.82 Å². The number of benzene rings is 2. The fraction of sp³-hybridized carbons (Fsp3) is 0.167. The van der Waals surface area contributed by atoms with Gasteiger partial charge in [0, 0.05) is 0 Å². The summed E-state index contributed by atoms with van der Waals surface area (Å²) in [5.74, 6) is -1.60. The number of aromatic amines is 1. The highest BCUT2D eigenvalue weighted by atomic mass is 19.4. The van der Waals surface area contributed by atoms with Crippen molar-refractivity contribution in [1.29, 1.82) is 0 Å². The number of carbonyl (C=O) groups excluding carboxylic acids is 1. The van der Waals surface area contributed by atoms with E-state index in [2.05, 4.69) is 25.2 Å². The monoisotopic (exact) mass is 410 g/mol. The van der Waals surface area contributed by atoms with Crippen molar-refractivity contribution in [2.24, 2.45) is 0 Å². The Bertz CT molecular complexity index is 1020. The highest BCUT2D eigenvalue weighted by Crippen LogP contribution is 2.28. The summed E-state index contributed by atoms with van der Waals surface area (Å²) in [5.41, 5.74) is 0.00149. The number of amides is 1. The molecule has 0 atom stereocenters. The molecule has 1 heterocycles. The van der Waals surface area contributed by atoms with Gasteiger partial charge in [0.2, 0.25) is 0 Å². The van der Waals surface area contributed by atoms with Gasteiger partial charge in [-0.2, -0.15) is 5.10 Å². The van der Waals surface area contributed by atoms with Gasteiger partial charge in [0.15, 0.2) is 5.82 Å². The molecule has 0 bridgehead atoms. The van der Waals surface area contributed by atoms with Gasteiger partial charge >= 0.3 is 6.36 Å². The second-order valence-electron chi connectivity index (χ2n) is 5.68. The number of nitrogens with zero attached hydrogens (tertiary/aromatic N) is 2. The van der Waals surface area contributed by atoms with E-state index >= 15 is 0 Å². The molecule has 0 saturated carbocycles. The molecule has 1 amide bonds. The topological polar surface area (TPSA) is 89.1 Å². The number of ether oxygens (including phenoxy) is 2. The van der Waals surface area contributed by atoms with E-state index in [0.29, 0.717) is 23.2 Å². The summed E-state index contributed by atoms with van der Waals surface area (Å²) in [6.45, 7) is -0.192. The van der Waals surface area contributed by atoms with Crippen LogP contribution in [0.15, 0.2) is 42.5 Å². The Kier molecular flexibility index (Phi) is 5.66. The molecule has 0 unspecified atom stereocenters. The molecule has 11 heteroatoms. The summed E-state index contributed by atoms with van der Waals surface area (Å²) in [6, 6.07) is 9.13. The van der Waals surface area contributed by atoms with Crippen LogP contribution in [0.3, 0.4) is 0 Å². The fourth-order valence-electron chi connectivity index (χ4n) is 2.48. The molecule has 2 aromatic carbocycles. The highest BCUT2D eigenvalue weighted by molar-refractivity contribution is 5.96. The number of nitrogens with one attached hydrogen (secondary N) is 2. The molecule has 0 saturated heterocycles. The first-order chi connectivity index (χ1) is 13.8. The zero-order valence-corrected chi connectivity index (χ0v) is 14.9. The first-order valence-electron chi connectivity index (χ1n) is 8.15.